The minimum absolute atomic E-state index is 0.0111. The standard InChI is InChI=1S/C17H24O4S/c1-3-14-6-4-5-7-16(14)21-17(18)15-10-8-13(9-11-15)12-22(2,19)20/h8-11,14,16H,3-7,12H2,1-2H3. The van der Waals surface area contributed by atoms with Gasteiger partial charge in [-0.3, -0.25) is 0 Å². The molecule has 0 radical (unpaired) electrons. The van der Waals surface area contributed by atoms with Gasteiger partial charge in [0, 0.05) is 6.26 Å². The fourth-order valence-corrected chi connectivity index (χ4v) is 3.84. The predicted molar refractivity (Wildman–Crippen MR) is 86.4 cm³/mol. The number of sulfone groups is 1. The van der Waals surface area contributed by atoms with Gasteiger partial charge in [0.05, 0.1) is 11.3 Å². The van der Waals surface area contributed by atoms with Crippen LogP contribution in [0.15, 0.2) is 24.3 Å². The van der Waals surface area contributed by atoms with E-state index in [1.807, 2.05) is 0 Å². The first-order valence-corrected chi connectivity index (χ1v) is 9.92. The summed E-state index contributed by atoms with van der Waals surface area (Å²) in [5, 5.41) is 0. The molecule has 0 N–H and O–H groups in total. The molecule has 0 saturated heterocycles. The Bertz CT molecular complexity index is 604. The number of benzene rings is 1. The van der Waals surface area contributed by atoms with Crippen LogP contribution in [-0.4, -0.2) is 26.7 Å². The maximum atomic E-state index is 12.2. The zero-order valence-corrected chi connectivity index (χ0v) is 14.1. The van der Waals surface area contributed by atoms with E-state index >= 15 is 0 Å². The summed E-state index contributed by atoms with van der Waals surface area (Å²) < 4.78 is 28.2. The lowest BCUT2D eigenvalue weighted by Crippen LogP contribution is -2.29. The molecular formula is C17H24O4S. The first-order chi connectivity index (χ1) is 10.4. The van der Waals surface area contributed by atoms with Crippen molar-refractivity contribution in [1.82, 2.24) is 0 Å². The average Bonchev–Trinajstić information content (AvgIpc) is 2.47. The van der Waals surface area contributed by atoms with E-state index in [0.29, 0.717) is 17.0 Å². The third-order valence-electron chi connectivity index (χ3n) is 4.24. The highest BCUT2D eigenvalue weighted by Gasteiger charge is 2.27. The van der Waals surface area contributed by atoms with Gasteiger partial charge >= 0.3 is 5.97 Å². The lowest BCUT2D eigenvalue weighted by Gasteiger charge is -2.30. The maximum Gasteiger partial charge on any atom is 0.338 e. The smallest absolute Gasteiger partial charge is 0.338 e. The highest BCUT2D eigenvalue weighted by molar-refractivity contribution is 7.89. The van der Waals surface area contributed by atoms with Crippen molar-refractivity contribution in [3.8, 4) is 0 Å². The van der Waals surface area contributed by atoms with Gasteiger partial charge < -0.3 is 4.74 Å². The topological polar surface area (TPSA) is 60.4 Å². The van der Waals surface area contributed by atoms with Gasteiger partial charge in [-0.2, -0.15) is 0 Å². The lowest BCUT2D eigenvalue weighted by atomic mass is 9.85. The monoisotopic (exact) mass is 324 g/mol. The lowest BCUT2D eigenvalue weighted by molar-refractivity contribution is 0.000709. The third kappa shape index (κ3) is 4.83. The average molecular weight is 324 g/mol. The SMILES string of the molecule is CCC1CCCCC1OC(=O)c1ccc(CS(C)(=O)=O)cc1. The summed E-state index contributed by atoms with van der Waals surface area (Å²) in [4.78, 5) is 12.2. The Morgan fingerprint density at radius 1 is 1.18 bits per heavy atom. The fourth-order valence-electron chi connectivity index (χ4n) is 3.04. The zero-order chi connectivity index (χ0) is 16.2. The molecule has 2 rings (SSSR count). The maximum absolute atomic E-state index is 12.2. The van der Waals surface area contributed by atoms with Gasteiger partial charge in [0.1, 0.15) is 6.10 Å². The molecule has 1 aromatic rings. The predicted octanol–water partition coefficient (Wildman–Crippen LogP) is 3.36. The van der Waals surface area contributed by atoms with Crippen molar-refractivity contribution in [3.63, 3.8) is 0 Å². The van der Waals surface area contributed by atoms with E-state index in [9.17, 15) is 13.2 Å². The Hall–Kier alpha value is -1.36. The molecule has 0 aliphatic heterocycles. The number of hydrogen-bond acceptors (Lipinski definition) is 4. The summed E-state index contributed by atoms with van der Waals surface area (Å²) in [5.74, 6) is 0.140. The van der Waals surface area contributed by atoms with Gasteiger partial charge in [-0.25, -0.2) is 13.2 Å². The van der Waals surface area contributed by atoms with E-state index in [2.05, 4.69) is 6.92 Å². The van der Waals surface area contributed by atoms with Gasteiger partial charge in [0.15, 0.2) is 9.84 Å². The molecule has 1 aliphatic carbocycles. The van der Waals surface area contributed by atoms with Crippen molar-refractivity contribution in [2.45, 2.75) is 50.9 Å². The zero-order valence-electron chi connectivity index (χ0n) is 13.2. The van der Waals surface area contributed by atoms with Crippen LogP contribution in [0.5, 0.6) is 0 Å². The number of ether oxygens (including phenoxy) is 1. The van der Waals surface area contributed by atoms with Crippen LogP contribution in [-0.2, 0) is 20.3 Å². The summed E-state index contributed by atoms with van der Waals surface area (Å²) in [6.45, 7) is 2.14. The van der Waals surface area contributed by atoms with E-state index in [1.54, 1.807) is 24.3 Å². The highest BCUT2D eigenvalue weighted by Crippen LogP contribution is 2.29. The summed E-state index contributed by atoms with van der Waals surface area (Å²) >= 11 is 0. The molecule has 22 heavy (non-hydrogen) atoms. The molecule has 2 atom stereocenters. The Balaban J connectivity index is 2.00. The minimum Gasteiger partial charge on any atom is -0.458 e. The van der Waals surface area contributed by atoms with Gasteiger partial charge in [0.25, 0.3) is 0 Å². The summed E-state index contributed by atoms with van der Waals surface area (Å²) in [6, 6.07) is 6.64. The van der Waals surface area contributed by atoms with Crippen LogP contribution in [0.1, 0.15) is 54.9 Å². The number of rotatable bonds is 5. The van der Waals surface area contributed by atoms with Crippen molar-refractivity contribution in [2.24, 2.45) is 5.92 Å². The molecule has 1 aliphatic rings. The summed E-state index contributed by atoms with van der Waals surface area (Å²) in [6.07, 6.45) is 6.64. The largest absolute Gasteiger partial charge is 0.458 e. The molecule has 1 aromatic carbocycles. The van der Waals surface area contributed by atoms with Crippen molar-refractivity contribution >= 4 is 15.8 Å². The summed E-state index contributed by atoms with van der Waals surface area (Å²) in [5.41, 5.74) is 1.17. The molecule has 0 amide bonds. The Morgan fingerprint density at radius 3 is 2.41 bits per heavy atom. The van der Waals surface area contributed by atoms with E-state index in [-0.39, 0.29) is 17.8 Å². The van der Waals surface area contributed by atoms with Gasteiger partial charge in [-0.15, -0.1) is 0 Å². The van der Waals surface area contributed by atoms with Crippen LogP contribution in [0.25, 0.3) is 0 Å². The Labute approximate surface area is 132 Å². The number of esters is 1. The van der Waals surface area contributed by atoms with Crippen LogP contribution in [0, 0.1) is 5.92 Å². The van der Waals surface area contributed by atoms with Crippen LogP contribution < -0.4 is 0 Å². The molecule has 0 bridgehead atoms. The van der Waals surface area contributed by atoms with Crippen LogP contribution >= 0.6 is 0 Å². The molecule has 5 heteroatoms. The Morgan fingerprint density at radius 2 is 1.82 bits per heavy atom. The van der Waals surface area contributed by atoms with Gasteiger partial charge in [-0.05, 0) is 49.3 Å². The quantitative estimate of drug-likeness (QED) is 0.779. The second-order valence-corrected chi connectivity index (χ2v) is 8.30. The van der Waals surface area contributed by atoms with Crippen LogP contribution in [0.3, 0.4) is 0 Å². The second-order valence-electron chi connectivity index (χ2n) is 6.16. The van der Waals surface area contributed by atoms with Crippen molar-refractivity contribution in [1.29, 1.82) is 0 Å². The van der Waals surface area contributed by atoms with E-state index in [4.69, 9.17) is 4.74 Å². The van der Waals surface area contributed by atoms with Crippen molar-refractivity contribution in [3.05, 3.63) is 35.4 Å². The van der Waals surface area contributed by atoms with Gasteiger partial charge in [-0.1, -0.05) is 25.5 Å². The molecule has 0 heterocycles. The normalized spacial score (nSPS) is 22.3. The highest BCUT2D eigenvalue weighted by atomic mass is 32.2. The van der Waals surface area contributed by atoms with Crippen LogP contribution in [0.4, 0.5) is 0 Å². The van der Waals surface area contributed by atoms with Gasteiger partial charge in [0.2, 0.25) is 0 Å². The van der Waals surface area contributed by atoms with Crippen LogP contribution in [0.2, 0.25) is 0 Å². The van der Waals surface area contributed by atoms with E-state index in [1.165, 1.54) is 12.7 Å². The number of carbonyl (C=O) groups is 1. The van der Waals surface area contributed by atoms with Crippen molar-refractivity contribution < 1.29 is 17.9 Å². The molecule has 4 nitrogen and oxygen atoms in total. The molecule has 122 valence electrons. The first-order valence-electron chi connectivity index (χ1n) is 7.86. The minimum atomic E-state index is -3.06. The van der Waals surface area contributed by atoms with E-state index < -0.39 is 9.84 Å². The molecular weight excluding hydrogens is 300 g/mol. The molecule has 2 unspecified atom stereocenters. The molecule has 0 spiro atoms. The number of carbonyl (C=O) groups excluding carboxylic acids is 1. The second kappa shape index (κ2) is 7.27. The Kier molecular flexibility index (Phi) is 5.62. The fraction of sp³-hybridized carbons (Fsp3) is 0.588. The van der Waals surface area contributed by atoms with E-state index in [0.717, 1.165) is 25.7 Å². The first kappa shape index (κ1) is 17.0. The third-order valence-corrected chi connectivity index (χ3v) is 5.10. The molecule has 1 saturated carbocycles. The summed E-state index contributed by atoms with van der Waals surface area (Å²) in [7, 11) is -3.06. The molecule has 1 fully saturated rings. The number of hydrogen-bond donors (Lipinski definition) is 0. The molecule has 0 aromatic heterocycles. The van der Waals surface area contributed by atoms with Crippen molar-refractivity contribution in [2.75, 3.05) is 6.26 Å².